The molecule has 0 aliphatic carbocycles. The summed E-state index contributed by atoms with van der Waals surface area (Å²) in [7, 11) is 1.29. The van der Waals surface area contributed by atoms with Crippen LogP contribution in [0.15, 0.2) is 0 Å². The Hall–Kier alpha value is -1.88. The number of hydrogen-bond acceptors (Lipinski definition) is 10. The molecule has 0 amide bonds. The third-order valence-electron chi connectivity index (χ3n) is 4.74. The van der Waals surface area contributed by atoms with Crippen LogP contribution in [0.25, 0.3) is 0 Å². The molecule has 0 radical (unpaired) electrons. The summed E-state index contributed by atoms with van der Waals surface area (Å²) >= 11 is 0. The van der Waals surface area contributed by atoms with Crippen molar-refractivity contribution >= 4 is 23.5 Å². The average Bonchev–Trinajstić information content (AvgIpc) is 2.72. The first-order valence-corrected chi connectivity index (χ1v) is 10.1. The number of aliphatic carboxylic acids is 1. The van der Waals surface area contributed by atoms with Gasteiger partial charge in [0.25, 0.3) is 0 Å². The van der Waals surface area contributed by atoms with Crippen molar-refractivity contribution in [3.8, 4) is 0 Å². The zero-order valence-corrected chi connectivity index (χ0v) is 19.0. The Morgan fingerprint density at radius 2 is 1.13 bits per heavy atom. The van der Waals surface area contributed by atoms with Gasteiger partial charge in [-0.05, 0) is 19.3 Å². The highest BCUT2D eigenvalue weighted by Crippen LogP contribution is 2.22. The zero-order chi connectivity index (χ0) is 24.8. The quantitative estimate of drug-likeness (QED) is 0.243. The number of carbonyl (C=O) groups excluding carboxylic acids is 4. The molecule has 2 atom stereocenters. The van der Waals surface area contributed by atoms with E-state index in [2.05, 4.69) is 4.74 Å². The van der Waals surface area contributed by atoms with E-state index < -0.39 is 34.8 Å². The standard InChI is InChI=1S/C11H20O5.C10H18O5/c1-11(2,7-12)10(15)8(13)5-4-6-9(14)16-3;1-10(2,6-11)9(15)7(12)4-3-5-8(13)14/h10,12,15H,4-7H2,1-3H3;9,11,15H,3-6H2,1-2H3,(H,13,14)/p-1/t10-;9-/m00/s1. The van der Waals surface area contributed by atoms with Crippen molar-refractivity contribution in [1.29, 1.82) is 0 Å². The molecule has 0 spiro atoms. The summed E-state index contributed by atoms with van der Waals surface area (Å²) < 4.78 is 4.43. The maximum atomic E-state index is 11.5. The molecule has 0 aliphatic rings. The van der Waals surface area contributed by atoms with Gasteiger partial charge in [-0.2, -0.15) is 0 Å². The summed E-state index contributed by atoms with van der Waals surface area (Å²) in [5.41, 5.74) is -1.74. The summed E-state index contributed by atoms with van der Waals surface area (Å²) in [5, 5.41) is 47.1. The number of carboxylic acid groups (broad SMARTS) is 1. The van der Waals surface area contributed by atoms with Crippen molar-refractivity contribution in [3.63, 3.8) is 0 Å². The van der Waals surface area contributed by atoms with Crippen molar-refractivity contribution < 1.29 is 49.4 Å². The summed E-state index contributed by atoms with van der Waals surface area (Å²) in [5.74, 6) is -2.39. The fraction of sp³-hybridized carbons (Fsp3) is 0.810. The number of Topliss-reactive ketones (excluding diaryl/α,β-unsaturated/α-hetero) is 2. The fourth-order valence-electron chi connectivity index (χ4n) is 2.23. The largest absolute Gasteiger partial charge is 0.550 e. The predicted molar refractivity (Wildman–Crippen MR) is 108 cm³/mol. The lowest BCUT2D eigenvalue weighted by atomic mass is 9.84. The molecule has 0 bridgehead atoms. The highest BCUT2D eigenvalue weighted by Gasteiger charge is 2.33. The highest BCUT2D eigenvalue weighted by molar-refractivity contribution is 5.84. The topological polar surface area (TPSA) is 181 Å². The second-order valence-corrected chi connectivity index (χ2v) is 8.69. The number of aliphatic hydroxyl groups is 4. The molecule has 0 rings (SSSR count). The SMILES string of the molecule is CC(C)(CO)[C@@H](O)C(=O)CCCC(=O)[O-].COC(=O)CCCC(=O)[C@H](O)C(C)(C)CO. The second kappa shape index (κ2) is 15.0. The molecule has 0 unspecified atom stereocenters. The van der Waals surface area contributed by atoms with Crippen molar-refractivity contribution in [1.82, 2.24) is 0 Å². The van der Waals surface area contributed by atoms with Crippen LogP contribution in [-0.4, -0.2) is 76.5 Å². The van der Waals surface area contributed by atoms with E-state index in [1.807, 2.05) is 0 Å². The monoisotopic (exact) mass is 449 g/mol. The van der Waals surface area contributed by atoms with Crippen LogP contribution in [-0.2, 0) is 23.9 Å². The highest BCUT2D eigenvalue weighted by atomic mass is 16.5. The van der Waals surface area contributed by atoms with Crippen molar-refractivity contribution in [3.05, 3.63) is 0 Å². The number of aliphatic hydroxyl groups excluding tert-OH is 4. The van der Waals surface area contributed by atoms with Gasteiger partial charge in [0.1, 0.15) is 12.2 Å². The molecule has 0 fully saturated rings. The molecule has 4 N–H and O–H groups in total. The van der Waals surface area contributed by atoms with Gasteiger partial charge in [-0.25, -0.2) is 0 Å². The number of methoxy groups -OCH3 is 1. The van der Waals surface area contributed by atoms with Gasteiger partial charge in [0.05, 0.1) is 20.3 Å². The fourth-order valence-corrected chi connectivity index (χ4v) is 2.23. The number of esters is 1. The first kappa shape index (κ1) is 31.3. The van der Waals surface area contributed by atoms with Crippen LogP contribution in [0.1, 0.15) is 66.2 Å². The normalized spacial score (nSPS) is 13.5. The Kier molecular flexibility index (Phi) is 15.2. The molecule has 10 nitrogen and oxygen atoms in total. The van der Waals surface area contributed by atoms with Crippen LogP contribution in [0.4, 0.5) is 0 Å². The van der Waals surface area contributed by atoms with Gasteiger partial charge in [-0.15, -0.1) is 0 Å². The maximum Gasteiger partial charge on any atom is 0.305 e. The minimum absolute atomic E-state index is 0.0153. The molecule has 31 heavy (non-hydrogen) atoms. The minimum Gasteiger partial charge on any atom is -0.550 e. The van der Waals surface area contributed by atoms with Crippen LogP contribution < -0.4 is 5.11 Å². The number of ketones is 2. The number of ether oxygens (including phenoxy) is 1. The summed E-state index contributed by atoms with van der Waals surface area (Å²) in [6.45, 7) is 5.77. The molecule has 10 heteroatoms. The molecule has 0 aromatic carbocycles. The van der Waals surface area contributed by atoms with Gasteiger partial charge < -0.3 is 35.1 Å². The molecule has 182 valence electrons. The van der Waals surface area contributed by atoms with Crippen LogP contribution in [0.2, 0.25) is 0 Å². The first-order chi connectivity index (χ1) is 14.2. The van der Waals surface area contributed by atoms with E-state index in [0.717, 1.165) is 0 Å². The van der Waals surface area contributed by atoms with Crippen LogP contribution in [0.5, 0.6) is 0 Å². The smallest absolute Gasteiger partial charge is 0.305 e. The second-order valence-electron chi connectivity index (χ2n) is 8.69. The lowest BCUT2D eigenvalue weighted by molar-refractivity contribution is -0.305. The lowest BCUT2D eigenvalue weighted by Crippen LogP contribution is -2.39. The molecular weight excluding hydrogens is 412 g/mol. The summed E-state index contributed by atoms with van der Waals surface area (Å²) in [4.78, 5) is 43.7. The summed E-state index contributed by atoms with van der Waals surface area (Å²) in [6, 6.07) is 0. The molecular formula is C21H37O10-. The van der Waals surface area contributed by atoms with E-state index in [1.165, 1.54) is 7.11 Å². The van der Waals surface area contributed by atoms with Gasteiger partial charge in [0.2, 0.25) is 0 Å². The van der Waals surface area contributed by atoms with Crippen molar-refractivity contribution in [2.75, 3.05) is 20.3 Å². The number of carboxylic acids is 1. The lowest BCUT2D eigenvalue weighted by Gasteiger charge is -2.27. The Morgan fingerprint density at radius 1 is 0.774 bits per heavy atom. The molecule has 0 aromatic heterocycles. The van der Waals surface area contributed by atoms with E-state index in [1.54, 1.807) is 27.7 Å². The molecule has 0 aliphatic heterocycles. The minimum atomic E-state index is -1.26. The average molecular weight is 450 g/mol. The third-order valence-corrected chi connectivity index (χ3v) is 4.74. The molecule has 0 saturated carbocycles. The zero-order valence-electron chi connectivity index (χ0n) is 19.0. The van der Waals surface area contributed by atoms with E-state index in [0.29, 0.717) is 6.42 Å². The van der Waals surface area contributed by atoms with Crippen LogP contribution in [0.3, 0.4) is 0 Å². The van der Waals surface area contributed by atoms with E-state index in [4.69, 9.17) is 10.2 Å². The van der Waals surface area contributed by atoms with Gasteiger partial charge in [0.15, 0.2) is 11.6 Å². The van der Waals surface area contributed by atoms with E-state index in [-0.39, 0.29) is 57.1 Å². The third kappa shape index (κ3) is 13.2. The van der Waals surface area contributed by atoms with E-state index >= 15 is 0 Å². The van der Waals surface area contributed by atoms with Gasteiger partial charge in [-0.3, -0.25) is 14.4 Å². The van der Waals surface area contributed by atoms with Crippen molar-refractivity contribution in [2.45, 2.75) is 78.4 Å². The van der Waals surface area contributed by atoms with Gasteiger partial charge >= 0.3 is 5.97 Å². The number of hydrogen-bond donors (Lipinski definition) is 4. The first-order valence-electron chi connectivity index (χ1n) is 10.1. The predicted octanol–water partition coefficient (Wildman–Crippen LogP) is -0.867. The molecule has 0 heterocycles. The van der Waals surface area contributed by atoms with E-state index in [9.17, 15) is 34.5 Å². The Morgan fingerprint density at radius 3 is 1.42 bits per heavy atom. The maximum absolute atomic E-state index is 11.5. The number of rotatable bonds is 14. The van der Waals surface area contributed by atoms with Crippen molar-refractivity contribution in [2.24, 2.45) is 10.8 Å². The van der Waals surface area contributed by atoms with Crippen LogP contribution in [0, 0.1) is 10.8 Å². The van der Waals surface area contributed by atoms with Gasteiger partial charge in [0, 0.05) is 36.1 Å². The molecule has 0 aromatic rings. The Balaban J connectivity index is 0. The Labute approximate surface area is 183 Å². The number of carbonyl (C=O) groups is 4. The Bertz CT molecular complexity index is 583. The van der Waals surface area contributed by atoms with Crippen LogP contribution >= 0.6 is 0 Å². The molecule has 0 saturated heterocycles. The van der Waals surface area contributed by atoms with Gasteiger partial charge in [-0.1, -0.05) is 27.7 Å². The summed E-state index contributed by atoms with van der Waals surface area (Å²) in [6.07, 6.45) is -1.89.